The summed E-state index contributed by atoms with van der Waals surface area (Å²) in [6.07, 6.45) is 7.32. The number of hydrogen-bond acceptors (Lipinski definition) is 4. The molecule has 0 aliphatic heterocycles. The van der Waals surface area contributed by atoms with Gasteiger partial charge in [0.2, 0.25) is 0 Å². The predicted octanol–water partition coefficient (Wildman–Crippen LogP) is 2.05. The van der Waals surface area contributed by atoms with E-state index in [0.29, 0.717) is 16.4 Å². The molecule has 0 saturated carbocycles. The van der Waals surface area contributed by atoms with Crippen LogP contribution >= 0.6 is 11.6 Å². The third kappa shape index (κ3) is 2.63. The van der Waals surface area contributed by atoms with E-state index in [2.05, 4.69) is 19.9 Å². The average molecular weight is 324 g/mol. The number of aromatic nitrogens is 4. The first-order valence-corrected chi connectivity index (χ1v) is 7.72. The molecule has 0 aliphatic rings. The molecule has 0 unspecified atom stereocenters. The van der Waals surface area contributed by atoms with Crippen LogP contribution in [0.15, 0.2) is 54.2 Å². The molecular formula is C12H10ClN5O2S. The van der Waals surface area contributed by atoms with E-state index in [9.17, 15) is 8.42 Å². The van der Waals surface area contributed by atoms with Gasteiger partial charge in [-0.05, 0) is 12.1 Å². The van der Waals surface area contributed by atoms with Gasteiger partial charge < -0.3 is 4.57 Å². The number of sulfonamides is 1. The molecule has 3 rings (SSSR count). The van der Waals surface area contributed by atoms with Gasteiger partial charge in [-0.25, -0.2) is 13.4 Å². The molecule has 0 fully saturated rings. The van der Waals surface area contributed by atoms with Gasteiger partial charge in [-0.1, -0.05) is 17.7 Å². The normalized spacial score (nSPS) is 11.5. The summed E-state index contributed by atoms with van der Waals surface area (Å²) in [5.74, 6) is 0. The molecule has 0 amide bonds. The molecule has 7 nitrogen and oxygen atoms in total. The highest BCUT2D eigenvalue weighted by atomic mass is 35.5. The van der Waals surface area contributed by atoms with Gasteiger partial charge in [0, 0.05) is 18.6 Å². The van der Waals surface area contributed by atoms with Crippen LogP contribution in [-0.2, 0) is 10.0 Å². The van der Waals surface area contributed by atoms with Crippen molar-refractivity contribution in [2.45, 2.75) is 4.90 Å². The van der Waals surface area contributed by atoms with E-state index in [1.807, 2.05) is 0 Å². The topological polar surface area (TPSA) is 92.7 Å². The highest BCUT2D eigenvalue weighted by Gasteiger charge is 2.18. The molecule has 0 aliphatic carbocycles. The number of H-pyrrole nitrogens is 1. The number of hydrogen-bond donors (Lipinski definition) is 2. The van der Waals surface area contributed by atoms with Crippen LogP contribution in [-0.4, -0.2) is 28.2 Å². The molecule has 1 aromatic carbocycles. The van der Waals surface area contributed by atoms with Crippen molar-refractivity contribution in [3.8, 4) is 5.69 Å². The lowest BCUT2D eigenvalue weighted by Gasteiger charge is -2.13. The number of rotatable bonds is 4. The molecule has 2 aromatic heterocycles. The highest BCUT2D eigenvalue weighted by Crippen LogP contribution is 2.29. The van der Waals surface area contributed by atoms with Crippen LogP contribution in [0.3, 0.4) is 0 Å². The Kier molecular flexibility index (Phi) is 3.40. The lowest BCUT2D eigenvalue weighted by molar-refractivity contribution is 0.601. The second-order valence-corrected chi connectivity index (χ2v) is 6.24. The van der Waals surface area contributed by atoms with Crippen LogP contribution in [0.25, 0.3) is 5.69 Å². The summed E-state index contributed by atoms with van der Waals surface area (Å²) in [7, 11) is -3.74. The minimum Gasteiger partial charge on any atom is -0.303 e. The summed E-state index contributed by atoms with van der Waals surface area (Å²) >= 11 is 6.17. The molecule has 0 saturated heterocycles. The fraction of sp³-hybridized carbons (Fsp3) is 0. The van der Waals surface area contributed by atoms with Crippen LogP contribution in [0, 0.1) is 0 Å². The van der Waals surface area contributed by atoms with Crippen molar-refractivity contribution in [3.63, 3.8) is 0 Å². The molecule has 0 atom stereocenters. The maximum Gasteiger partial charge on any atom is 0.265 e. The van der Waals surface area contributed by atoms with Crippen LogP contribution in [0.1, 0.15) is 0 Å². The van der Waals surface area contributed by atoms with Gasteiger partial charge in [0.1, 0.15) is 4.90 Å². The van der Waals surface area contributed by atoms with Crippen molar-refractivity contribution in [1.29, 1.82) is 0 Å². The number of para-hydroxylation sites is 1. The first-order chi connectivity index (χ1) is 10.1. The Hall–Kier alpha value is -2.32. The van der Waals surface area contributed by atoms with Gasteiger partial charge >= 0.3 is 0 Å². The van der Waals surface area contributed by atoms with Gasteiger partial charge in [0.25, 0.3) is 10.0 Å². The third-order valence-corrected chi connectivity index (χ3v) is 4.41. The molecule has 0 radical (unpaired) electrons. The Labute approximate surface area is 125 Å². The summed E-state index contributed by atoms with van der Waals surface area (Å²) in [6, 6.07) is 4.96. The Bertz CT molecular complexity index is 844. The van der Waals surface area contributed by atoms with E-state index in [4.69, 9.17) is 11.6 Å². The Morgan fingerprint density at radius 3 is 2.86 bits per heavy atom. The van der Waals surface area contributed by atoms with Crippen molar-refractivity contribution in [2.24, 2.45) is 0 Å². The molecule has 9 heteroatoms. The van der Waals surface area contributed by atoms with Crippen molar-refractivity contribution in [1.82, 2.24) is 19.7 Å². The van der Waals surface area contributed by atoms with Gasteiger partial charge in [0.05, 0.1) is 28.9 Å². The van der Waals surface area contributed by atoms with Gasteiger partial charge in [-0.2, -0.15) is 5.10 Å². The SMILES string of the molecule is O=S(=O)(Nc1cccc(Cl)c1-n1ccnc1)c1cn[nH]c1. The Morgan fingerprint density at radius 2 is 2.19 bits per heavy atom. The van der Waals surface area contributed by atoms with E-state index in [1.165, 1.54) is 18.7 Å². The van der Waals surface area contributed by atoms with Gasteiger partial charge in [-0.3, -0.25) is 9.82 Å². The Balaban J connectivity index is 2.07. The number of aromatic amines is 1. The molecule has 3 aromatic rings. The predicted molar refractivity (Wildman–Crippen MR) is 78.0 cm³/mol. The van der Waals surface area contributed by atoms with Crippen molar-refractivity contribution < 1.29 is 8.42 Å². The van der Waals surface area contributed by atoms with Gasteiger partial charge in [0.15, 0.2) is 0 Å². The number of nitrogens with one attached hydrogen (secondary N) is 2. The summed E-state index contributed by atoms with van der Waals surface area (Å²) in [5.41, 5.74) is 0.852. The molecule has 21 heavy (non-hydrogen) atoms. The number of nitrogens with zero attached hydrogens (tertiary/aromatic N) is 3. The van der Waals surface area contributed by atoms with Crippen molar-refractivity contribution in [2.75, 3.05) is 4.72 Å². The zero-order chi connectivity index (χ0) is 14.9. The number of imidazole rings is 1. The van der Waals surface area contributed by atoms with E-state index in [1.54, 1.807) is 35.2 Å². The van der Waals surface area contributed by atoms with Crippen LogP contribution in [0.5, 0.6) is 0 Å². The van der Waals surface area contributed by atoms with Gasteiger partial charge in [-0.15, -0.1) is 0 Å². The number of halogens is 1. The number of anilines is 1. The monoisotopic (exact) mass is 323 g/mol. The van der Waals surface area contributed by atoms with Crippen molar-refractivity contribution >= 4 is 27.3 Å². The van der Waals surface area contributed by atoms with E-state index >= 15 is 0 Å². The fourth-order valence-electron chi connectivity index (χ4n) is 1.84. The van der Waals surface area contributed by atoms with Crippen molar-refractivity contribution in [3.05, 3.63) is 54.3 Å². The molecule has 0 bridgehead atoms. The summed E-state index contributed by atoms with van der Waals surface area (Å²) in [6.45, 7) is 0. The zero-order valence-corrected chi connectivity index (χ0v) is 12.1. The second-order valence-electron chi connectivity index (χ2n) is 4.15. The third-order valence-electron chi connectivity index (χ3n) is 2.78. The molecule has 108 valence electrons. The summed E-state index contributed by atoms with van der Waals surface area (Å²) < 4.78 is 28.6. The van der Waals surface area contributed by atoms with Crippen LogP contribution in [0.4, 0.5) is 5.69 Å². The van der Waals surface area contributed by atoms with E-state index in [0.717, 1.165) is 0 Å². The maximum atomic E-state index is 12.3. The van der Waals surface area contributed by atoms with E-state index in [-0.39, 0.29) is 4.90 Å². The average Bonchev–Trinajstić information content (AvgIpc) is 3.12. The minimum atomic E-state index is -3.74. The molecule has 2 N–H and O–H groups in total. The molecule has 0 spiro atoms. The maximum absolute atomic E-state index is 12.3. The first kappa shape index (κ1) is 13.7. The lowest BCUT2D eigenvalue weighted by atomic mass is 10.2. The molecular weight excluding hydrogens is 314 g/mol. The lowest BCUT2D eigenvalue weighted by Crippen LogP contribution is -2.14. The Morgan fingerprint density at radius 1 is 1.33 bits per heavy atom. The smallest absolute Gasteiger partial charge is 0.265 e. The minimum absolute atomic E-state index is 0.0408. The number of benzene rings is 1. The largest absolute Gasteiger partial charge is 0.303 e. The fourth-order valence-corrected chi connectivity index (χ4v) is 3.08. The first-order valence-electron chi connectivity index (χ1n) is 5.86. The zero-order valence-electron chi connectivity index (χ0n) is 10.6. The van der Waals surface area contributed by atoms with E-state index < -0.39 is 10.0 Å². The van der Waals surface area contributed by atoms with Crippen LogP contribution < -0.4 is 4.72 Å². The summed E-state index contributed by atoms with van der Waals surface area (Å²) in [4.78, 5) is 3.98. The second kappa shape index (κ2) is 5.23. The standard InChI is InChI=1S/C12H10ClN5O2S/c13-10-2-1-3-11(12(10)18-5-4-14-8-18)17-21(19,20)9-6-15-16-7-9/h1-8,17H,(H,15,16). The quantitative estimate of drug-likeness (QED) is 0.768. The molecule has 2 heterocycles. The highest BCUT2D eigenvalue weighted by molar-refractivity contribution is 7.92. The van der Waals surface area contributed by atoms with Crippen LogP contribution in [0.2, 0.25) is 5.02 Å². The summed E-state index contributed by atoms with van der Waals surface area (Å²) in [5, 5.41) is 6.50.